The van der Waals surface area contributed by atoms with Crippen molar-refractivity contribution in [2.75, 3.05) is 0 Å². The number of imidazole rings is 1. The third-order valence-electron chi connectivity index (χ3n) is 2.81. The van der Waals surface area contributed by atoms with Gasteiger partial charge in [0.15, 0.2) is 0 Å². The minimum atomic E-state index is -0.375. The van der Waals surface area contributed by atoms with Crippen molar-refractivity contribution in [3.05, 3.63) is 57.3 Å². The van der Waals surface area contributed by atoms with Gasteiger partial charge in [-0.25, -0.2) is 4.79 Å². The number of nitrogens with zero attached hydrogens (tertiary/aromatic N) is 1. The van der Waals surface area contributed by atoms with E-state index >= 15 is 0 Å². The highest BCUT2D eigenvalue weighted by Gasteiger charge is 2.16. The minimum Gasteiger partial charge on any atom is -0.309 e. The molecule has 0 aliphatic rings. The van der Waals surface area contributed by atoms with Crippen molar-refractivity contribution in [1.82, 2.24) is 9.97 Å². The fourth-order valence-corrected chi connectivity index (χ4v) is 1.89. The van der Waals surface area contributed by atoms with Gasteiger partial charge in [-0.05, 0) is 30.7 Å². The van der Waals surface area contributed by atoms with Gasteiger partial charge in [-0.2, -0.15) is 5.26 Å². The summed E-state index contributed by atoms with van der Waals surface area (Å²) < 4.78 is 0. The van der Waals surface area contributed by atoms with Gasteiger partial charge in [0.2, 0.25) is 5.78 Å². The van der Waals surface area contributed by atoms with Crippen molar-refractivity contribution in [1.29, 1.82) is 5.26 Å². The number of aromatic nitrogens is 2. The Labute approximate surface area is 109 Å². The number of nitrogens with one attached hydrogen (secondary N) is 2. The maximum Gasteiger partial charge on any atom is 0.323 e. The molecular weight excluding hydrogens is 242 g/mol. The molecule has 19 heavy (non-hydrogen) atoms. The number of nitriles is 1. The fourth-order valence-electron chi connectivity index (χ4n) is 1.89. The van der Waals surface area contributed by atoms with Crippen molar-refractivity contribution in [2.45, 2.75) is 19.8 Å². The summed E-state index contributed by atoms with van der Waals surface area (Å²) in [6.45, 7) is 1.97. The molecule has 0 saturated carbocycles. The van der Waals surface area contributed by atoms with E-state index in [1.165, 1.54) is 0 Å². The Morgan fingerprint density at radius 1 is 1.26 bits per heavy atom. The van der Waals surface area contributed by atoms with E-state index in [1.807, 2.05) is 13.0 Å². The Bertz CT molecular complexity index is 687. The molecule has 2 rings (SSSR count). The van der Waals surface area contributed by atoms with Gasteiger partial charge in [0.05, 0.1) is 11.6 Å². The summed E-state index contributed by atoms with van der Waals surface area (Å²) in [7, 11) is 0. The number of benzene rings is 1. The third kappa shape index (κ3) is 2.63. The number of aryl methyl sites for hydroxylation is 1. The van der Waals surface area contributed by atoms with E-state index in [9.17, 15) is 9.59 Å². The number of rotatable bonds is 4. The van der Waals surface area contributed by atoms with Crippen LogP contribution < -0.4 is 5.69 Å². The van der Waals surface area contributed by atoms with Gasteiger partial charge in [0.1, 0.15) is 5.69 Å². The lowest BCUT2D eigenvalue weighted by Crippen LogP contribution is -2.07. The van der Waals surface area contributed by atoms with Crippen molar-refractivity contribution in [2.24, 2.45) is 0 Å². The Morgan fingerprint density at radius 3 is 2.53 bits per heavy atom. The molecular formula is C14H13N3O2. The molecule has 0 atom stereocenters. The van der Waals surface area contributed by atoms with E-state index in [4.69, 9.17) is 5.26 Å². The number of aromatic amines is 2. The summed E-state index contributed by atoms with van der Waals surface area (Å²) in [6.07, 6.45) is 1.47. The second kappa shape index (κ2) is 5.36. The zero-order valence-electron chi connectivity index (χ0n) is 10.5. The first-order valence-corrected chi connectivity index (χ1v) is 6.01. The van der Waals surface area contributed by atoms with Gasteiger partial charge in [0.25, 0.3) is 0 Å². The molecule has 5 nitrogen and oxygen atoms in total. The molecule has 2 N–H and O–H groups in total. The summed E-state index contributed by atoms with van der Waals surface area (Å²) >= 11 is 0. The molecule has 2 aromatic rings. The standard InChI is InChI=1S/C14H13N3O2/c1-2-3-11-12(17-14(19)16-11)13(18)10-6-4-9(8-15)5-7-10/h4-7H,2-3H2,1H3,(H2,16,17,19). The van der Waals surface area contributed by atoms with Crippen LogP contribution in [0.3, 0.4) is 0 Å². The molecule has 5 heteroatoms. The SMILES string of the molecule is CCCc1[nH]c(=O)[nH]c1C(=O)c1ccc(C#N)cc1. The topological polar surface area (TPSA) is 89.5 Å². The van der Waals surface area contributed by atoms with Gasteiger partial charge in [0, 0.05) is 11.3 Å². The third-order valence-corrected chi connectivity index (χ3v) is 2.81. The van der Waals surface area contributed by atoms with Crippen LogP contribution in [0.15, 0.2) is 29.1 Å². The maximum absolute atomic E-state index is 12.3. The highest BCUT2D eigenvalue weighted by molar-refractivity contribution is 6.08. The summed E-state index contributed by atoms with van der Waals surface area (Å²) in [5.41, 5.74) is 1.50. The lowest BCUT2D eigenvalue weighted by atomic mass is 10.0. The highest BCUT2D eigenvalue weighted by atomic mass is 16.1. The first kappa shape index (κ1) is 12.8. The molecule has 0 unspecified atom stereocenters. The van der Waals surface area contributed by atoms with Gasteiger partial charge >= 0.3 is 5.69 Å². The maximum atomic E-state index is 12.3. The Balaban J connectivity index is 2.38. The molecule has 0 aliphatic heterocycles. The number of carbonyl (C=O) groups excluding carboxylic acids is 1. The molecule has 0 saturated heterocycles. The summed E-state index contributed by atoms with van der Waals surface area (Å²) in [5.74, 6) is -0.244. The van der Waals surface area contributed by atoms with Crippen LogP contribution in [-0.2, 0) is 6.42 Å². The summed E-state index contributed by atoms with van der Waals surface area (Å²) in [5, 5.41) is 8.71. The van der Waals surface area contributed by atoms with Crippen LogP contribution in [0.2, 0.25) is 0 Å². The molecule has 1 aromatic carbocycles. The van der Waals surface area contributed by atoms with E-state index in [1.54, 1.807) is 24.3 Å². The molecule has 0 fully saturated rings. The normalized spacial score (nSPS) is 10.1. The van der Waals surface area contributed by atoms with Crippen LogP contribution in [0.4, 0.5) is 0 Å². The number of ketones is 1. The number of H-pyrrole nitrogens is 2. The molecule has 96 valence electrons. The molecule has 1 heterocycles. The van der Waals surface area contributed by atoms with Crippen LogP contribution in [0.25, 0.3) is 0 Å². The van der Waals surface area contributed by atoms with Crippen LogP contribution >= 0.6 is 0 Å². The Morgan fingerprint density at radius 2 is 1.95 bits per heavy atom. The highest BCUT2D eigenvalue weighted by Crippen LogP contribution is 2.12. The van der Waals surface area contributed by atoms with E-state index in [-0.39, 0.29) is 11.5 Å². The quantitative estimate of drug-likeness (QED) is 0.816. The van der Waals surface area contributed by atoms with Crippen molar-refractivity contribution >= 4 is 5.78 Å². The van der Waals surface area contributed by atoms with Gasteiger partial charge in [-0.15, -0.1) is 0 Å². The average molecular weight is 255 g/mol. The number of hydrogen-bond acceptors (Lipinski definition) is 3. The van der Waals surface area contributed by atoms with Crippen molar-refractivity contribution < 1.29 is 4.79 Å². The number of hydrogen-bond donors (Lipinski definition) is 2. The number of carbonyl (C=O) groups is 1. The lowest BCUT2D eigenvalue weighted by molar-refractivity contribution is 0.103. The predicted octanol–water partition coefficient (Wildman–Crippen LogP) is 1.76. The van der Waals surface area contributed by atoms with E-state index in [2.05, 4.69) is 9.97 Å². The molecule has 0 radical (unpaired) electrons. The van der Waals surface area contributed by atoms with Gasteiger partial charge < -0.3 is 9.97 Å². The second-order valence-electron chi connectivity index (χ2n) is 4.20. The van der Waals surface area contributed by atoms with Gasteiger partial charge in [-0.1, -0.05) is 13.3 Å². The van der Waals surface area contributed by atoms with Crippen molar-refractivity contribution in [3.63, 3.8) is 0 Å². The minimum absolute atomic E-state index is 0.244. The van der Waals surface area contributed by atoms with E-state index in [0.29, 0.717) is 28.9 Å². The average Bonchev–Trinajstić information content (AvgIpc) is 2.79. The van der Waals surface area contributed by atoms with Gasteiger partial charge in [-0.3, -0.25) is 4.79 Å². The van der Waals surface area contributed by atoms with Crippen molar-refractivity contribution in [3.8, 4) is 6.07 Å². The zero-order chi connectivity index (χ0) is 13.8. The zero-order valence-corrected chi connectivity index (χ0v) is 10.5. The van der Waals surface area contributed by atoms with E-state index < -0.39 is 0 Å². The van der Waals surface area contributed by atoms with Crippen LogP contribution in [0.1, 0.15) is 40.7 Å². The van der Waals surface area contributed by atoms with Crippen LogP contribution in [0.5, 0.6) is 0 Å². The molecule has 0 bridgehead atoms. The molecule has 1 aromatic heterocycles. The molecule has 0 amide bonds. The largest absolute Gasteiger partial charge is 0.323 e. The summed E-state index contributed by atoms with van der Waals surface area (Å²) in [4.78, 5) is 28.8. The Kier molecular flexibility index (Phi) is 3.62. The van der Waals surface area contributed by atoms with Crippen LogP contribution in [0, 0.1) is 11.3 Å². The second-order valence-corrected chi connectivity index (χ2v) is 4.20. The lowest BCUT2D eigenvalue weighted by Gasteiger charge is -2.01. The molecule has 0 aliphatic carbocycles. The first-order chi connectivity index (χ1) is 9.15. The first-order valence-electron chi connectivity index (χ1n) is 6.01. The van der Waals surface area contributed by atoms with Crippen LogP contribution in [-0.4, -0.2) is 15.8 Å². The predicted molar refractivity (Wildman–Crippen MR) is 70.0 cm³/mol. The smallest absolute Gasteiger partial charge is 0.309 e. The fraction of sp³-hybridized carbons (Fsp3) is 0.214. The molecule has 0 spiro atoms. The Hall–Kier alpha value is -2.61. The van der Waals surface area contributed by atoms with E-state index in [0.717, 1.165) is 6.42 Å². The summed E-state index contributed by atoms with van der Waals surface area (Å²) in [6, 6.07) is 8.33. The monoisotopic (exact) mass is 255 g/mol.